The summed E-state index contributed by atoms with van der Waals surface area (Å²) in [7, 11) is 0. The third-order valence-corrected chi connectivity index (χ3v) is 4.28. The van der Waals surface area contributed by atoms with E-state index in [1.54, 1.807) is 6.92 Å². The molecule has 0 bridgehead atoms. The maximum atomic E-state index is 11.3. The van der Waals surface area contributed by atoms with Crippen molar-refractivity contribution >= 4 is 5.97 Å². The normalized spacial score (nSPS) is 19.9. The first-order chi connectivity index (χ1) is 9.08. The van der Waals surface area contributed by atoms with Crippen molar-refractivity contribution in [2.75, 3.05) is 0 Å². The van der Waals surface area contributed by atoms with Gasteiger partial charge >= 0.3 is 5.97 Å². The van der Waals surface area contributed by atoms with Crippen LogP contribution in [0.3, 0.4) is 0 Å². The number of rotatable bonds is 4. The summed E-state index contributed by atoms with van der Waals surface area (Å²) in [5.74, 6) is 5.05. The molecule has 0 amide bonds. The van der Waals surface area contributed by atoms with Gasteiger partial charge < -0.3 is 5.11 Å². The minimum absolute atomic E-state index is 0.629. The number of carboxylic acids is 1. The number of benzene rings is 1. The molecule has 1 aliphatic rings. The van der Waals surface area contributed by atoms with Crippen LogP contribution < -0.4 is 11.3 Å². The van der Waals surface area contributed by atoms with Gasteiger partial charge in [0.05, 0.1) is 0 Å². The van der Waals surface area contributed by atoms with Crippen LogP contribution in [0.25, 0.3) is 0 Å². The number of carbonyl (C=O) groups is 1. The lowest BCUT2D eigenvalue weighted by atomic mass is 9.83. The van der Waals surface area contributed by atoms with E-state index in [1.807, 2.05) is 24.3 Å². The molecule has 4 heteroatoms. The number of aliphatic carboxylic acids is 1. The van der Waals surface area contributed by atoms with E-state index >= 15 is 0 Å². The van der Waals surface area contributed by atoms with Crippen molar-refractivity contribution in [1.82, 2.24) is 5.43 Å². The number of hydrogen-bond donors (Lipinski definition) is 3. The highest BCUT2D eigenvalue weighted by Crippen LogP contribution is 2.33. The molecular formula is C15H22N2O2. The fraction of sp³-hybridized carbons (Fsp3) is 0.533. The van der Waals surface area contributed by atoms with E-state index in [2.05, 4.69) is 5.43 Å². The number of nitrogens with two attached hydrogens (primary N) is 1. The second-order valence-electron chi connectivity index (χ2n) is 5.53. The Bertz CT molecular complexity index is 438. The third kappa shape index (κ3) is 2.80. The highest BCUT2D eigenvalue weighted by atomic mass is 16.4. The average Bonchev–Trinajstić information content (AvgIpc) is 2.47. The van der Waals surface area contributed by atoms with Gasteiger partial charge in [-0.1, -0.05) is 43.5 Å². The van der Waals surface area contributed by atoms with Gasteiger partial charge in [-0.2, -0.15) is 0 Å². The predicted molar refractivity (Wildman–Crippen MR) is 74.6 cm³/mol. The summed E-state index contributed by atoms with van der Waals surface area (Å²) < 4.78 is 0. The van der Waals surface area contributed by atoms with Gasteiger partial charge in [-0.25, -0.2) is 10.2 Å². The van der Waals surface area contributed by atoms with Crippen LogP contribution in [0.5, 0.6) is 0 Å². The lowest BCUT2D eigenvalue weighted by Gasteiger charge is -2.26. The molecule has 0 aliphatic heterocycles. The molecule has 1 saturated carbocycles. The van der Waals surface area contributed by atoms with E-state index in [4.69, 9.17) is 5.84 Å². The van der Waals surface area contributed by atoms with Crippen LogP contribution in [0.15, 0.2) is 24.3 Å². The molecule has 1 aromatic rings. The van der Waals surface area contributed by atoms with Crippen LogP contribution in [-0.2, 0) is 10.3 Å². The van der Waals surface area contributed by atoms with E-state index in [-0.39, 0.29) is 0 Å². The smallest absolute Gasteiger partial charge is 0.329 e. The molecule has 19 heavy (non-hydrogen) atoms. The zero-order valence-electron chi connectivity index (χ0n) is 11.4. The summed E-state index contributed by atoms with van der Waals surface area (Å²) in [4.78, 5) is 11.3. The van der Waals surface area contributed by atoms with Gasteiger partial charge in [0.15, 0.2) is 5.54 Å². The first-order valence-corrected chi connectivity index (χ1v) is 6.89. The zero-order valence-corrected chi connectivity index (χ0v) is 11.4. The molecule has 0 heterocycles. The molecule has 1 aromatic carbocycles. The fourth-order valence-electron chi connectivity index (χ4n) is 2.79. The summed E-state index contributed by atoms with van der Waals surface area (Å²) >= 11 is 0. The number of nitrogens with one attached hydrogen (secondary N) is 1. The summed E-state index contributed by atoms with van der Waals surface area (Å²) in [5.41, 5.74) is 3.16. The van der Waals surface area contributed by atoms with Gasteiger partial charge in [0, 0.05) is 0 Å². The third-order valence-electron chi connectivity index (χ3n) is 4.28. The molecule has 0 spiro atoms. The molecule has 1 atom stereocenters. The van der Waals surface area contributed by atoms with Crippen molar-refractivity contribution in [1.29, 1.82) is 0 Å². The molecule has 4 N–H and O–H groups in total. The van der Waals surface area contributed by atoms with E-state index in [0.717, 1.165) is 0 Å². The van der Waals surface area contributed by atoms with E-state index in [1.165, 1.54) is 37.7 Å². The van der Waals surface area contributed by atoms with Crippen molar-refractivity contribution in [3.05, 3.63) is 35.4 Å². The molecule has 1 unspecified atom stereocenters. The second kappa shape index (κ2) is 5.72. The van der Waals surface area contributed by atoms with Gasteiger partial charge in [0.2, 0.25) is 0 Å². The number of carboxylic acid groups (broad SMARTS) is 1. The van der Waals surface area contributed by atoms with Crippen molar-refractivity contribution in [3.8, 4) is 0 Å². The summed E-state index contributed by atoms with van der Waals surface area (Å²) in [5, 5.41) is 9.26. The van der Waals surface area contributed by atoms with Crippen LogP contribution in [0.4, 0.5) is 0 Å². The van der Waals surface area contributed by atoms with E-state index in [0.29, 0.717) is 11.5 Å². The lowest BCUT2D eigenvalue weighted by molar-refractivity contribution is -0.144. The monoisotopic (exact) mass is 262 g/mol. The largest absolute Gasteiger partial charge is 0.480 e. The van der Waals surface area contributed by atoms with Crippen molar-refractivity contribution in [2.45, 2.75) is 50.5 Å². The molecule has 4 nitrogen and oxygen atoms in total. The van der Waals surface area contributed by atoms with E-state index < -0.39 is 11.5 Å². The summed E-state index contributed by atoms with van der Waals surface area (Å²) in [6.07, 6.45) is 6.41. The highest BCUT2D eigenvalue weighted by molar-refractivity contribution is 5.80. The fourth-order valence-corrected chi connectivity index (χ4v) is 2.79. The van der Waals surface area contributed by atoms with Gasteiger partial charge in [0.1, 0.15) is 0 Å². The van der Waals surface area contributed by atoms with Crippen LogP contribution in [-0.4, -0.2) is 11.1 Å². The Kier molecular flexibility index (Phi) is 4.22. The molecule has 0 saturated heterocycles. The molecule has 1 aliphatic carbocycles. The molecular weight excluding hydrogens is 240 g/mol. The quantitative estimate of drug-likeness (QED) is 0.575. The number of hydrazine groups is 1. The molecule has 0 aromatic heterocycles. The van der Waals surface area contributed by atoms with Crippen LogP contribution in [0.1, 0.15) is 56.1 Å². The molecule has 1 fully saturated rings. The lowest BCUT2D eigenvalue weighted by Crippen LogP contribution is -2.50. The second-order valence-corrected chi connectivity index (χ2v) is 5.53. The van der Waals surface area contributed by atoms with Crippen molar-refractivity contribution < 1.29 is 9.90 Å². The molecule has 104 valence electrons. The number of hydrogen-bond acceptors (Lipinski definition) is 3. The van der Waals surface area contributed by atoms with Crippen LogP contribution in [0, 0.1) is 0 Å². The van der Waals surface area contributed by atoms with Gasteiger partial charge in [-0.05, 0) is 36.8 Å². The molecule has 0 radical (unpaired) electrons. The maximum Gasteiger partial charge on any atom is 0.329 e. The van der Waals surface area contributed by atoms with Gasteiger partial charge in [-0.15, -0.1) is 0 Å². The van der Waals surface area contributed by atoms with E-state index in [9.17, 15) is 9.90 Å². The van der Waals surface area contributed by atoms with Gasteiger partial charge in [-0.3, -0.25) is 5.84 Å². The topological polar surface area (TPSA) is 75.3 Å². The summed E-state index contributed by atoms with van der Waals surface area (Å²) in [6, 6.07) is 7.84. The molecule has 2 rings (SSSR count). The van der Waals surface area contributed by atoms with Gasteiger partial charge in [0.25, 0.3) is 0 Å². The Labute approximate surface area is 114 Å². The van der Waals surface area contributed by atoms with Crippen molar-refractivity contribution in [3.63, 3.8) is 0 Å². The first kappa shape index (κ1) is 14.0. The summed E-state index contributed by atoms with van der Waals surface area (Å²) in [6.45, 7) is 1.57. The van der Waals surface area contributed by atoms with Crippen LogP contribution >= 0.6 is 0 Å². The Balaban J connectivity index is 2.20. The Morgan fingerprint density at radius 1 is 1.26 bits per heavy atom. The Morgan fingerprint density at radius 2 is 1.84 bits per heavy atom. The minimum Gasteiger partial charge on any atom is -0.480 e. The Hall–Kier alpha value is -1.39. The first-order valence-electron chi connectivity index (χ1n) is 6.89. The van der Waals surface area contributed by atoms with Crippen LogP contribution in [0.2, 0.25) is 0 Å². The maximum absolute atomic E-state index is 11.3. The predicted octanol–water partition coefficient (Wildman–Crippen LogP) is 2.50. The SMILES string of the molecule is CC(NN)(C(=O)O)c1ccc(C2CCCCC2)cc1. The Morgan fingerprint density at radius 3 is 2.32 bits per heavy atom. The van der Waals surface area contributed by atoms with Crippen molar-refractivity contribution in [2.24, 2.45) is 5.84 Å². The minimum atomic E-state index is -1.23. The average molecular weight is 262 g/mol. The zero-order chi connectivity index (χ0) is 13.9. The standard InChI is InChI=1S/C15H22N2O2/c1-15(17-16,14(18)19)13-9-7-12(8-10-13)11-5-3-2-4-6-11/h7-11,17H,2-6,16H2,1H3,(H,18,19). The highest BCUT2D eigenvalue weighted by Gasteiger charge is 2.33.